The summed E-state index contributed by atoms with van der Waals surface area (Å²) < 4.78 is 5.02. The van der Waals surface area contributed by atoms with Crippen molar-refractivity contribution in [2.45, 2.75) is 32.8 Å². The summed E-state index contributed by atoms with van der Waals surface area (Å²) >= 11 is 0. The molecule has 0 saturated carbocycles. The third kappa shape index (κ3) is 1.23. The number of esters is 1. The van der Waals surface area contributed by atoms with Crippen LogP contribution in [0.4, 0.5) is 0 Å². The monoisotopic (exact) mass is 128 g/mol. The molecule has 0 aromatic heterocycles. The molecule has 9 heavy (non-hydrogen) atoms. The molecule has 1 fully saturated rings. The summed E-state index contributed by atoms with van der Waals surface area (Å²) in [6.07, 6.45) is 0.853. The minimum Gasteiger partial charge on any atom is -0.459 e. The Kier molecular flexibility index (Phi) is 1.26. The van der Waals surface area contributed by atoms with Crippen LogP contribution in [0.5, 0.6) is 0 Å². The maximum absolute atomic E-state index is 10.8. The van der Waals surface area contributed by atoms with E-state index in [1.165, 1.54) is 0 Å². The summed E-state index contributed by atoms with van der Waals surface area (Å²) in [5.74, 6) is 0.0417. The van der Waals surface area contributed by atoms with Gasteiger partial charge in [0, 0.05) is 0 Å². The van der Waals surface area contributed by atoms with E-state index in [1.807, 2.05) is 20.8 Å². The van der Waals surface area contributed by atoms with E-state index >= 15 is 0 Å². The van der Waals surface area contributed by atoms with Gasteiger partial charge in [-0.1, -0.05) is 6.92 Å². The SMILES string of the molecule is C[C@H]1CC(C)(C)OC1=O. The summed E-state index contributed by atoms with van der Waals surface area (Å²) in [5.41, 5.74) is -0.212. The van der Waals surface area contributed by atoms with Crippen molar-refractivity contribution >= 4 is 5.97 Å². The first-order valence-electron chi connectivity index (χ1n) is 3.24. The minimum absolute atomic E-state index is 0.0556. The number of hydrogen-bond acceptors (Lipinski definition) is 2. The van der Waals surface area contributed by atoms with Gasteiger partial charge < -0.3 is 4.74 Å². The average molecular weight is 128 g/mol. The molecule has 0 radical (unpaired) electrons. The van der Waals surface area contributed by atoms with E-state index in [0.717, 1.165) is 6.42 Å². The number of cyclic esters (lactones) is 1. The van der Waals surface area contributed by atoms with Gasteiger partial charge in [-0.25, -0.2) is 0 Å². The van der Waals surface area contributed by atoms with Gasteiger partial charge in [-0.15, -0.1) is 0 Å². The number of carbonyl (C=O) groups is 1. The molecule has 2 nitrogen and oxygen atoms in total. The molecule has 0 unspecified atom stereocenters. The van der Waals surface area contributed by atoms with Crippen LogP contribution in [0, 0.1) is 5.92 Å². The molecule has 1 aliphatic heterocycles. The average Bonchev–Trinajstić information content (AvgIpc) is 1.79. The molecule has 0 spiro atoms. The maximum Gasteiger partial charge on any atom is 0.309 e. The zero-order valence-corrected chi connectivity index (χ0v) is 6.10. The topological polar surface area (TPSA) is 26.3 Å². The van der Waals surface area contributed by atoms with Gasteiger partial charge in [0.1, 0.15) is 5.60 Å². The highest BCUT2D eigenvalue weighted by Crippen LogP contribution is 2.29. The first-order valence-corrected chi connectivity index (χ1v) is 3.24. The third-order valence-electron chi connectivity index (χ3n) is 1.58. The Morgan fingerprint density at radius 2 is 2.22 bits per heavy atom. The van der Waals surface area contributed by atoms with Gasteiger partial charge in [-0.2, -0.15) is 0 Å². The number of rotatable bonds is 0. The van der Waals surface area contributed by atoms with Crippen LogP contribution in [0.3, 0.4) is 0 Å². The highest BCUT2D eigenvalue weighted by atomic mass is 16.6. The van der Waals surface area contributed by atoms with Crippen molar-refractivity contribution in [3.63, 3.8) is 0 Å². The minimum atomic E-state index is -0.212. The molecule has 1 aliphatic rings. The van der Waals surface area contributed by atoms with Gasteiger partial charge in [-0.3, -0.25) is 4.79 Å². The largest absolute Gasteiger partial charge is 0.459 e. The molecule has 0 amide bonds. The molecule has 1 atom stereocenters. The summed E-state index contributed by atoms with van der Waals surface area (Å²) in [6, 6.07) is 0. The first-order chi connectivity index (χ1) is 4.01. The van der Waals surface area contributed by atoms with Crippen molar-refractivity contribution in [3.8, 4) is 0 Å². The van der Waals surface area contributed by atoms with Gasteiger partial charge in [0.15, 0.2) is 0 Å². The molecule has 0 bridgehead atoms. The summed E-state index contributed by atoms with van der Waals surface area (Å²) in [6.45, 7) is 5.78. The van der Waals surface area contributed by atoms with E-state index in [2.05, 4.69) is 0 Å². The van der Waals surface area contributed by atoms with E-state index in [9.17, 15) is 4.79 Å². The lowest BCUT2D eigenvalue weighted by molar-refractivity contribution is -0.148. The van der Waals surface area contributed by atoms with Crippen LogP contribution < -0.4 is 0 Å². The van der Waals surface area contributed by atoms with Gasteiger partial charge in [0.25, 0.3) is 0 Å². The molecule has 2 heteroatoms. The predicted octanol–water partition coefficient (Wildman–Crippen LogP) is 1.35. The van der Waals surface area contributed by atoms with Crippen LogP contribution >= 0.6 is 0 Å². The Labute approximate surface area is 55.2 Å². The fourth-order valence-electron chi connectivity index (χ4n) is 1.24. The van der Waals surface area contributed by atoms with Crippen LogP contribution in [-0.4, -0.2) is 11.6 Å². The predicted molar refractivity (Wildman–Crippen MR) is 34.0 cm³/mol. The lowest BCUT2D eigenvalue weighted by Crippen LogP contribution is -2.17. The smallest absolute Gasteiger partial charge is 0.309 e. The molecule has 0 aromatic carbocycles. The van der Waals surface area contributed by atoms with Gasteiger partial charge >= 0.3 is 5.97 Å². The first kappa shape index (κ1) is 6.59. The molecule has 0 N–H and O–H groups in total. The van der Waals surface area contributed by atoms with Gasteiger partial charge in [0.2, 0.25) is 0 Å². The molecular weight excluding hydrogens is 116 g/mol. The number of hydrogen-bond donors (Lipinski definition) is 0. The highest BCUT2D eigenvalue weighted by Gasteiger charge is 2.36. The van der Waals surface area contributed by atoms with E-state index in [1.54, 1.807) is 0 Å². The molecular formula is C7H12O2. The second kappa shape index (κ2) is 1.72. The number of ether oxygens (including phenoxy) is 1. The molecule has 52 valence electrons. The fraction of sp³-hybridized carbons (Fsp3) is 0.857. The van der Waals surface area contributed by atoms with Crippen LogP contribution in [-0.2, 0) is 9.53 Å². The molecule has 1 heterocycles. The van der Waals surface area contributed by atoms with Crippen molar-refractivity contribution in [3.05, 3.63) is 0 Å². The Balaban J connectivity index is 2.65. The molecule has 1 saturated heterocycles. The van der Waals surface area contributed by atoms with E-state index < -0.39 is 0 Å². The van der Waals surface area contributed by atoms with Crippen LogP contribution in [0.1, 0.15) is 27.2 Å². The number of carbonyl (C=O) groups excluding carboxylic acids is 1. The third-order valence-corrected chi connectivity index (χ3v) is 1.58. The van der Waals surface area contributed by atoms with Crippen LogP contribution in [0.15, 0.2) is 0 Å². The summed E-state index contributed by atoms with van der Waals surface area (Å²) in [7, 11) is 0. The molecule has 0 aliphatic carbocycles. The van der Waals surface area contributed by atoms with Crippen molar-refractivity contribution < 1.29 is 9.53 Å². The van der Waals surface area contributed by atoms with Crippen molar-refractivity contribution in [1.82, 2.24) is 0 Å². The van der Waals surface area contributed by atoms with Crippen LogP contribution in [0.25, 0.3) is 0 Å². The zero-order valence-electron chi connectivity index (χ0n) is 6.10. The Bertz CT molecular complexity index is 138. The zero-order chi connectivity index (χ0) is 7.07. The highest BCUT2D eigenvalue weighted by molar-refractivity contribution is 5.74. The second-order valence-corrected chi connectivity index (χ2v) is 3.29. The lowest BCUT2D eigenvalue weighted by Gasteiger charge is -2.14. The Morgan fingerprint density at radius 1 is 1.67 bits per heavy atom. The molecule has 0 aromatic rings. The van der Waals surface area contributed by atoms with E-state index in [4.69, 9.17) is 4.74 Å². The summed E-state index contributed by atoms with van der Waals surface area (Å²) in [4.78, 5) is 10.8. The second-order valence-electron chi connectivity index (χ2n) is 3.29. The normalized spacial score (nSPS) is 32.3. The Morgan fingerprint density at radius 3 is 2.33 bits per heavy atom. The van der Waals surface area contributed by atoms with Crippen molar-refractivity contribution in [2.75, 3.05) is 0 Å². The quantitative estimate of drug-likeness (QED) is 0.460. The maximum atomic E-state index is 10.8. The van der Waals surface area contributed by atoms with Gasteiger partial charge in [0.05, 0.1) is 5.92 Å². The molecule has 1 rings (SSSR count). The fourth-order valence-corrected chi connectivity index (χ4v) is 1.24. The Hall–Kier alpha value is -0.530. The van der Waals surface area contributed by atoms with E-state index in [0.29, 0.717) is 0 Å². The van der Waals surface area contributed by atoms with Crippen molar-refractivity contribution in [1.29, 1.82) is 0 Å². The van der Waals surface area contributed by atoms with Crippen molar-refractivity contribution in [2.24, 2.45) is 5.92 Å². The van der Waals surface area contributed by atoms with Gasteiger partial charge in [-0.05, 0) is 20.3 Å². The lowest BCUT2D eigenvalue weighted by atomic mass is 9.99. The van der Waals surface area contributed by atoms with Crippen LogP contribution in [0.2, 0.25) is 0 Å². The standard InChI is InChI=1S/C7H12O2/c1-5-4-7(2,3)9-6(5)8/h5H,4H2,1-3H3/t5-/m0/s1. The van der Waals surface area contributed by atoms with E-state index in [-0.39, 0.29) is 17.5 Å². The summed E-state index contributed by atoms with van der Waals surface area (Å²) in [5, 5.41) is 0.